The smallest absolute Gasteiger partial charge is 0.253 e. The van der Waals surface area contributed by atoms with E-state index in [1.54, 1.807) is 66.7 Å². The number of benzene rings is 2. The summed E-state index contributed by atoms with van der Waals surface area (Å²) in [6.45, 7) is 2.72. The van der Waals surface area contributed by atoms with Crippen LogP contribution in [0.2, 0.25) is 0 Å². The van der Waals surface area contributed by atoms with Crippen LogP contribution in [0.25, 0.3) is 11.0 Å². The van der Waals surface area contributed by atoms with E-state index in [1.807, 2.05) is 6.92 Å². The number of carbonyl (C=O) groups excluding carboxylic acids is 3. The first-order valence-electron chi connectivity index (χ1n) is 14.1. The van der Waals surface area contributed by atoms with Gasteiger partial charge in [0.1, 0.15) is 17.5 Å². The maximum atomic E-state index is 14.2. The Labute approximate surface area is 248 Å². The molecule has 1 aliphatic rings. The first kappa shape index (κ1) is 29.5. The summed E-state index contributed by atoms with van der Waals surface area (Å²) < 4.78 is 11.2. The molecule has 2 aromatic carbocycles. The van der Waals surface area contributed by atoms with E-state index >= 15 is 0 Å². The zero-order valence-corrected chi connectivity index (χ0v) is 24.0. The van der Waals surface area contributed by atoms with Crippen molar-refractivity contribution in [1.29, 1.82) is 0 Å². The molecule has 43 heavy (non-hydrogen) atoms. The van der Waals surface area contributed by atoms with Crippen LogP contribution in [0.1, 0.15) is 47.4 Å². The third-order valence-electron chi connectivity index (χ3n) is 7.18. The maximum Gasteiger partial charge on any atom is 0.253 e. The minimum Gasteiger partial charge on any atom is -0.495 e. The van der Waals surface area contributed by atoms with Gasteiger partial charge in [0.2, 0.25) is 5.56 Å². The summed E-state index contributed by atoms with van der Waals surface area (Å²) in [5.74, 6) is -0.727. The number of rotatable bonds is 10. The molecule has 11 nitrogen and oxygen atoms in total. The van der Waals surface area contributed by atoms with E-state index < -0.39 is 18.1 Å². The van der Waals surface area contributed by atoms with E-state index in [0.29, 0.717) is 53.9 Å². The Hall–Kier alpha value is -5.03. The monoisotopic (exact) mass is 583 g/mol. The number of aromatic amines is 1. The van der Waals surface area contributed by atoms with Gasteiger partial charge in [0.25, 0.3) is 17.7 Å². The molecular formula is C32H33N5O6. The van der Waals surface area contributed by atoms with Crippen molar-refractivity contribution < 1.29 is 23.9 Å². The van der Waals surface area contributed by atoms with E-state index in [4.69, 9.17) is 9.47 Å². The SMILES string of the molecule is CCNC(=O)c1cccc(CN(C(=O)[C@@H]2CCCO2)C(C(=O)Nc2ccccc2OC)c2ccc3ccc(=O)[nH]c3n2)c1. The molecule has 1 fully saturated rings. The second-order valence-corrected chi connectivity index (χ2v) is 10.1. The van der Waals surface area contributed by atoms with Crippen molar-refractivity contribution in [3.8, 4) is 5.75 Å². The highest BCUT2D eigenvalue weighted by Crippen LogP contribution is 2.30. The number of nitrogens with one attached hydrogen (secondary N) is 3. The third-order valence-corrected chi connectivity index (χ3v) is 7.18. The molecule has 2 aromatic heterocycles. The number of hydrogen-bond donors (Lipinski definition) is 3. The average Bonchev–Trinajstić information content (AvgIpc) is 3.56. The Bertz CT molecular complexity index is 1700. The number of anilines is 1. The van der Waals surface area contributed by atoms with Crippen molar-refractivity contribution in [2.75, 3.05) is 25.6 Å². The minimum absolute atomic E-state index is 0.0129. The second-order valence-electron chi connectivity index (χ2n) is 10.1. The molecule has 0 radical (unpaired) electrons. The number of nitrogens with zero attached hydrogens (tertiary/aromatic N) is 2. The first-order valence-corrected chi connectivity index (χ1v) is 14.1. The molecule has 2 atom stereocenters. The van der Waals surface area contributed by atoms with Gasteiger partial charge in [-0.15, -0.1) is 0 Å². The summed E-state index contributed by atoms with van der Waals surface area (Å²) in [7, 11) is 1.50. The quantitative estimate of drug-likeness (QED) is 0.259. The molecule has 3 N–H and O–H groups in total. The Morgan fingerprint density at radius 1 is 1.09 bits per heavy atom. The molecule has 3 amide bonds. The fourth-order valence-electron chi connectivity index (χ4n) is 5.10. The molecule has 11 heteroatoms. The van der Waals surface area contributed by atoms with Crippen LogP contribution in [0.4, 0.5) is 5.69 Å². The lowest BCUT2D eigenvalue weighted by Gasteiger charge is -2.32. The molecule has 3 heterocycles. The topological polar surface area (TPSA) is 143 Å². The Kier molecular flexibility index (Phi) is 9.11. The Morgan fingerprint density at radius 3 is 2.67 bits per heavy atom. The summed E-state index contributed by atoms with van der Waals surface area (Å²) in [6.07, 6.45) is 0.478. The maximum absolute atomic E-state index is 14.2. The molecule has 1 aliphatic heterocycles. The number of amides is 3. The van der Waals surface area contributed by atoms with Crippen molar-refractivity contribution in [1.82, 2.24) is 20.2 Å². The molecule has 5 rings (SSSR count). The summed E-state index contributed by atoms with van der Waals surface area (Å²) in [5, 5.41) is 6.35. The average molecular weight is 584 g/mol. The molecule has 1 unspecified atom stereocenters. The number of fused-ring (bicyclic) bond motifs is 1. The zero-order chi connectivity index (χ0) is 30.3. The van der Waals surface area contributed by atoms with Crippen molar-refractivity contribution in [3.05, 3.63) is 100.0 Å². The highest BCUT2D eigenvalue weighted by Gasteiger charge is 2.38. The van der Waals surface area contributed by atoms with E-state index in [9.17, 15) is 19.2 Å². The predicted octanol–water partition coefficient (Wildman–Crippen LogP) is 3.57. The van der Waals surface area contributed by atoms with Gasteiger partial charge in [-0.3, -0.25) is 19.2 Å². The lowest BCUT2D eigenvalue weighted by atomic mass is 10.0. The van der Waals surface area contributed by atoms with Gasteiger partial charge in [-0.25, -0.2) is 4.98 Å². The van der Waals surface area contributed by atoms with Crippen LogP contribution in [0.15, 0.2) is 77.6 Å². The number of methoxy groups -OCH3 is 1. The Morgan fingerprint density at radius 2 is 1.91 bits per heavy atom. The summed E-state index contributed by atoms with van der Waals surface area (Å²) in [6, 6.07) is 19.1. The summed E-state index contributed by atoms with van der Waals surface area (Å²) >= 11 is 0. The molecule has 0 saturated carbocycles. The molecule has 0 bridgehead atoms. The van der Waals surface area contributed by atoms with Crippen LogP contribution < -0.4 is 20.9 Å². The number of pyridine rings is 2. The van der Waals surface area contributed by atoms with Crippen molar-refractivity contribution in [2.45, 2.75) is 38.5 Å². The number of carbonyl (C=O) groups is 3. The molecule has 4 aromatic rings. The third kappa shape index (κ3) is 6.73. The van der Waals surface area contributed by atoms with E-state index in [-0.39, 0.29) is 35.3 Å². The van der Waals surface area contributed by atoms with Crippen LogP contribution in [0.3, 0.4) is 0 Å². The zero-order valence-electron chi connectivity index (χ0n) is 24.0. The van der Waals surface area contributed by atoms with Crippen LogP contribution in [-0.2, 0) is 20.9 Å². The standard InChI is InChI=1S/C32H33N5O6/c1-3-33-30(39)22-9-6-8-20(18-22)19-37(32(41)26-12-7-17-43-26)28(31(40)35-23-10-4-5-11-25(23)42-2)24-15-13-21-14-16-27(38)36-29(21)34-24/h4-6,8-11,13-16,18,26,28H,3,7,12,17,19H2,1-2H3,(H,33,39)(H,35,40)(H,34,36,38)/t26-,28?/m0/s1. The van der Waals surface area contributed by atoms with E-state index in [1.165, 1.54) is 18.1 Å². The summed E-state index contributed by atoms with van der Waals surface area (Å²) in [4.78, 5) is 61.8. The molecule has 0 aliphatic carbocycles. The predicted molar refractivity (Wildman–Crippen MR) is 161 cm³/mol. The lowest BCUT2D eigenvalue weighted by Crippen LogP contribution is -2.45. The van der Waals surface area contributed by atoms with Crippen molar-refractivity contribution >= 4 is 34.4 Å². The van der Waals surface area contributed by atoms with Gasteiger partial charge in [0.05, 0.1) is 18.5 Å². The van der Waals surface area contributed by atoms with Crippen molar-refractivity contribution in [3.63, 3.8) is 0 Å². The van der Waals surface area contributed by atoms with Gasteiger partial charge in [-0.2, -0.15) is 0 Å². The van der Waals surface area contributed by atoms with Gasteiger partial charge in [-0.05, 0) is 67.8 Å². The lowest BCUT2D eigenvalue weighted by molar-refractivity contribution is -0.147. The number of hydrogen-bond acceptors (Lipinski definition) is 7. The van der Waals surface area contributed by atoms with Gasteiger partial charge >= 0.3 is 0 Å². The van der Waals surface area contributed by atoms with Gasteiger partial charge < -0.3 is 30.0 Å². The number of ether oxygens (including phenoxy) is 2. The number of aromatic nitrogens is 2. The second kappa shape index (κ2) is 13.3. The normalized spacial score (nSPS) is 15.1. The largest absolute Gasteiger partial charge is 0.495 e. The van der Waals surface area contributed by atoms with Gasteiger partial charge in [0.15, 0.2) is 6.04 Å². The van der Waals surface area contributed by atoms with Crippen LogP contribution in [0, 0.1) is 0 Å². The van der Waals surface area contributed by atoms with Crippen LogP contribution >= 0.6 is 0 Å². The van der Waals surface area contributed by atoms with Crippen LogP contribution in [0.5, 0.6) is 5.75 Å². The molecule has 1 saturated heterocycles. The van der Waals surface area contributed by atoms with Gasteiger partial charge in [0, 0.05) is 36.7 Å². The minimum atomic E-state index is -1.23. The fourth-order valence-corrected chi connectivity index (χ4v) is 5.10. The highest BCUT2D eigenvalue weighted by molar-refractivity contribution is 5.99. The van der Waals surface area contributed by atoms with Crippen molar-refractivity contribution in [2.24, 2.45) is 0 Å². The first-order chi connectivity index (χ1) is 20.9. The van der Waals surface area contributed by atoms with Gasteiger partial charge in [-0.1, -0.05) is 24.3 Å². The highest BCUT2D eigenvalue weighted by atomic mass is 16.5. The van der Waals surface area contributed by atoms with Crippen LogP contribution in [-0.4, -0.2) is 59.0 Å². The molecule has 0 spiro atoms. The number of para-hydroxylation sites is 2. The number of H-pyrrole nitrogens is 1. The molecular weight excluding hydrogens is 550 g/mol. The Balaban J connectivity index is 1.62. The van der Waals surface area contributed by atoms with E-state index in [0.717, 1.165) is 0 Å². The fraction of sp³-hybridized carbons (Fsp3) is 0.281. The molecule has 222 valence electrons. The van der Waals surface area contributed by atoms with E-state index in [2.05, 4.69) is 20.6 Å². The summed E-state index contributed by atoms with van der Waals surface area (Å²) in [5.41, 5.74) is 1.66.